The zero-order chi connectivity index (χ0) is 4.99. The van der Waals surface area contributed by atoms with Crippen LogP contribution in [0.4, 0.5) is 0 Å². The van der Waals surface area contributed by atoms with Crippen LogP contribution in [0, 0.1) is 0 Å². The van der Waals surface area contributed by atoms with Crippen LogP contribution >= 0.6 is 0 Å². The third-order valence-corrected chi connectivity index (χ3v) is 0.730. The molecule has 0 aliphatic rings. The fourth-order valence-corrected chi connectivity index (χ4v) is 0.224. The van der Waals surface area contributed by atoms with Crippen molar-refractivity contribution in [2.75, 3.05) is 13.1 Å². The SMILES string of the molecule is CCN(O)CC.[Pb]. The molecule has 0 bridgehead atoms. The molecule has 0 unspecified atom stereocenters. The van der Waals surface area contributed by atoms with Gasteiger partial charge in [0.2, 0.25) is 0 Å². The number of hydrogen-bond donors (Lipinski definition) is 1. The van der Waals surface area contributed by atoms with Crippen molar-refractivity contribution in [2.24, 2.45) is 0 Å². The molecular formula is C4H11NOPb. The van der Waals surface area contributed by atoms with Crippen molar-refractivity contribution in [2.45, 2.75) is 13.8 Å². The van der Waals surface area contributed by atoms with E-state index in [-0.39, 0.29) is 27.3 Å². The molecule has 1 N–H and O–H groups in total. The van der Waals surface area contributed by atoms with E-state index in [1.165, 1.54) is 5.06 Å². The van der Waals surface area contributed by atoms with Gasteiger partial charge in [0.25, 0.3) is 0 Å². The average Bonchev–Trinajstić information content (AvgIpc) is 1.65. The van der Waals surface area contributed by atoms with Crippen molar-refractivity contribution >= 4 is 27.3 Å². The molecule has 0 aliphatic heterocycles. The van der Waals surface area contributed by atoms with Gasteiger partial charge in [0.15, 0.2) is 0 Å². The minimum Gasteiger partial charge on any atom is -0.314 e. The molecule has 0 saturated heterocycles. The largest absolute Gasteiger partial charge is 0.314 e. The monoisotopic (exact) mass is 297 g/mol. The fourth-order valence-electron chi connectivity index (χ4n) is 0.224. The molecule has 0 atom stereocenters. The van der Waals surface area contributed by atoms with E-state index in [1.807, 2.05) is 13.8 Å². The van der Waals surface area contributed by atoms with Crippen molar-refractivity contribution < 1.29 is 5.21 Å². The van der Waals surface area contributed by atoms with E-state index in [4.69, 9.17) is 5.21 Å². The maximum atomic E-state index is 8.50. The van der Waals surface area contributed by atoms with E-state index in [2.05, 4.69) is 0 Å². The molecule has 0 fully saturated rings. The standard InChI is InChI=1S/C4H11NO.Pb/c1-3-5(6)4-2;/h6H,3-4H2,1-2H3;. The molecule has 0 spiro atoms. The molecule has 7 heavy (non-hydrogen) atoms. The summed E-state index contributed by atoms with van der Waals surface area (Å²) in [5.74, 6) is 0. The van der Waals surface area contributed by atoms with Crippen LogP contribution in [0.15, 0.2) is 0 Å². The van der Waals surface area contributed by atoms with E-state index >= 15 is 0 Å². The van der Waals surface area contributed by atoms with Gasteiger partial charge >= 0.3 is 0 Å². The van der Waals surface area contributed by atoms with Gasteiger partial charge in [0.1, 0.15) is 0 Å². The van der Waals surface area contributed by atoms with Crippen LogP contribution in [0.25, 0.3) is 0 Å². The Morgan fingerprint density at radius 1 is 1.29 bits per heavy atom. The Morgan fingerprint density at radius 2 is 1.57 bits per heavy atom. The van der Waals surface area contributed by atoms with Gasteiger partial charge in [0, 0.05) is 40.4 Å². The number of hydroxylamine groups is 2. The van der Waals surface area contributed by atoms with Crippen LogP contribution < -0.4 is 0 Å². The summed E-state index contributed by atoms with van der Waals surface area (Å²) in [5.41, 5.74) is 0. The summed E-state index contributed by atoms with van der Waals surface area (Å²) in [6.07, 6.45) is 0. The van der Waals surface area contributed by atoms with Crippen LogP contribution in [0.5, 0.6) is 0 Å². The van der Waals surface area contributed by atoms with E-state index in [1.54, 1.807) is 0 Å². The van der Waals surface area contributed by atoms with Gasteiger partial charge < -0.3 is 5.21 Å². The average molecular weight is 296 g/mol. The van der Waals surface area contributed by atoms with Gasteiger partial charge in [-0.05, 0) is 0 Å². The van der Waals surface area contributed by atoms with Gasteiger partial charge in [-0.1, -0.05) is 13.8 Å². The van der Waals surface area contributed by atoms with Gasteiger partial charge in [-0.25, -0.2) is 0 Å². The molecule has 42 valence electrons. The summed E-state index contributed by atoms with van der Waals surface area (Å²) in [5, 5.41) is 9.75. The first-order chi connectivity index (χ1) is 2.81. The molecule has 2 nitrogen and oxygen atoms in total. The molecule has 0 heterocycles. The second-order valence-corrected chi connectivity index (χ2v) is 1.14. The van der Waals surface area contributed by atoms with Crippen LogP contribution in [-0.4, -0.2) is 50.7 Å². The Morgan fingerprint density at radius 3 is 1.57 bits per heavy atom. The Balaban J connectivity index is 0. The van der Waals surface area contributed by atoms with E-state index < -0.39 is 0 Å². The van der Waals surface area contributed by atoms with Crippen LogP contribution in [0.1, 0.15) is 13.8 Å². The van der Waals surface area contributed by atoms with Gasteiger partial charge in [-0.2, -0.15) is 5.06 Å². The maximum Gasteiger partial charge on any atom is 0.0209 e. The molecule has 0 aromatic rings. The quantitative estimate of drug-likeness (QED) is 0.587. The van der Waals surface area contributed by atoms with Gasteiger partial charge in [0.05, 0.1) is 0 Å². The summed E-state index contributed by atoms with van der Waals surface area (Å²) in [4.78, 5) is 0. The van der Waals surface area contributed by atoms with Crippen molar-refractivity contribution in [1.82, 2.24) is 5.06 Å². The first kappa shape index (κ1) is 10.8. The van der Waals surface area contributed by atoms with Crippen molar-refractivity contribution in [3.63, 3.8) is 0 Å². The summed E-state index contributed by atoms with van der Waals surface area (Å²) in [7, 11) is 0. The maximum absolute atomic E-state index is 8.50. The number of nitrogens with zero attached hydrogens (tertiary/aromatic N) is 1. The Hall–Kier alpha value is 0.842. The molecular weight excluding hydrogens is 285 g/mol. The van der Waals surface area contributed by atoms with Crippen molar-refractivity contribution in [3.05, 3.63) is 0 Å². The van der Waals surface area contributed by atoms with Crippen LogP contribution in [-0.2, 0) is 0 Å². The summed E-state index contributed by atoms with van der Waals surface area (Å²) < 4.78 is 0. The predicted octanol–water partition coefficient (Wildman–Crippen LogP) is 0.337. The van der Waals surface area contributed by atoms with Crippen molar-refractivity contribution in [1.29, 1.82) is 0 Å². The van der Waals surface area contributed by atoms with E-state index in [0.717, 1.165) is 13.1 Å². The molecule has 3 heteroatoms. The first-order valence-electron chi connectivity index (χ1n) is 2.25. The fraction of sp³-hybridized carbons (Fsp3) is 1.00. The molecule has 4 radical (unpaired) electrons. The predicted molar refractivity (Wildman–Crippen MR) is 30.5 cm³/mol. The third-order valence-electron chi connectivity index (χ3n) is 0.730. The molecule has 0 aliphatic carbocycles. The van der Waals surface area contributed by atoms with Crippen molar-refractivity contribution in [3.8, 4) is 0 Å². The summed E-state index contributed by atoms with van der Waals surface area (Å²) >= 11 is 0. The normalized spacial score (nSPS) is 8.57. The zero-order valence-electron chi connectivity index (χ0n) is 4.81. The molecule has 0 amide bonds. The Kier molecular flexibility index (Phi) is 10.5. The first-order valence-corrected chi connectivity index (χ1v) is 2.25. The molecule has 0 rings (SSSR count). The topological polar surface area (TPSA) is 23.5 Å². The summed E-state index contributed by atoms with van der Waals surface area (Å²) in [6.45, 7) is 5.25. The number of hydrogen-bond acceptors (Lipinski definition) is 2. The van der Waals surface area contributed by atoms with Crippen LogP contribution in [0.2, 0.25) is 0 Å². The minimum absolute atomic E-state index is 0. The molecule has 0 aromatic heterocycles. The van der Waals surface area contributed by atoms with E-state index in [9.17, 15) is 0 Å². The zero-order valence-corrected chi connectivity index (χ0v) is 8.70. The smallest absolute Gasteiger partial charge is 0.0209 e. The third kappa shape index (κ3) is 6.84. The second kappa shape index (κ2) is 6.84. The second-order valence-electron chi connectivity index (χ2n) is 1.14. The number of rotatable bonds is 2. The minimum atomic E-state index is 0. The summed E-state index contributed by atoms with van der Waals surface area (Å²) in [6, 6.07) is 0. The molecule has 0 saturated carbocycles. The van der Waals surface area contributed by atoms with Gasteiger partial charge in [-0.15, -0.1) is 0 Å². The Bertz CT molecular complexity index is 30.9. The van der Waals surface area contributed by atoms with E-state index in [0.29, 0.717) is 0 Å². The Labute approximate surface area is 64.6 Å². The van der Waals surface area contributed by atoms with Crippen LogP contribution in [0.3, 0.4) is 0 Å². The molecule has 0 aromatic carbocycles. The van der Waals surface area contributed by atoms with Gasteiger partial charge in [-0.3, -0.25) is 0 Å².